The molecule has 0 unspecified atom stereocenters. The molecular weight excluding hydrogens is 228 g/mol. The molecule has 0 bridgehead atoms. The molecule has 1 aromatic heterocycles. The van der Waals surface area contributed by atoms with Crippen LogP contribution in [0.2, 0.25) is 0 Å². The predicted octanol–water partition coefficient (Wildman–Crippen LogP) is 2.12. The van der Waals surface area contributed by atoms with Crippen molar-refractivity contribution < 1.29 is 14.0 Å². The smallest absolute Gasteiger partial charge is 0.277 e. The Bertz CT molecular complexity index is 587. The van der Waals surface area contributed by atoms with Gasteiger partial charge in [-0.25, -0.2) is 5.06 Å². The number of rotatable bonds is 2. The molecule has 0 fully saturated rings. The molecule has 1 amide bonds. The van der Waals surface area contributed by atoms with Gasteiger partial charge >= 0.3 is 0 Å². The molecule has 1 aromatic carbocycles. The van der Waals surface area contributed by atoms with Gasteiger partial charge in [0, 0.05) is 12.6 Å². The van der Waals surface area contributed by atoms with Gasteiger partial charge < -0.3 is 9.40 Å². The van der Waals surface area contributed by atoms with Crippen LogP contribution in [-0.2, 0) is 4.84 Å². The third kappa shape index (κ3) is 1.84. The molecule has 1 heterocycles. The average molecular weight is 238 g/mol. The van der Waals surface area contributed by atoms with Crippen LogP contribution >= 0.6 is 12.2 Å². The first-order valence-corrected chi connectivity index (χ1v) is 4.97. The minimum atomic E-state index is -0.244. The molecule has 0 atom stereocenters. The Morgan fingerprint density at radius 2 is 2.31 bits per heavy atom. The van der Waals surface area contributed by atoms with E-state index in [9.17, 15) is 4.79 Å². The van der Waals surface area contributed by atoms with Crippen LogP contribution in [-0.4, -0.2) is 30.1 Å². The lowest BCUT2D eigenvalue weighted by atomic mass is 10.2. The number of aromatic amines is 1. The van der Waals surface area contributed by atoms with Gasteiger partial charge in [0.2, 0.25) is 0 Å². The summed E-state index contributed by atoms with van der Waals surface area (Å²) in [6.45, 7) is 0. The fourth-order valence-electron chi connectivity index (χ4n) is 1.34. The maximum Gasteiger partial charge on any atom is 0.277 e. The number of nitrogens with one attached hydrogen (secondary N) is 1. The molecule has 0 aliphatic heterocycles. The highest BCUT2D eigenvalue weighted by molar-refractivity contribution is 7.71. The van der Waals surface area contributed by atoms with Gasteiger partial charge in [-0.15, -0.1) is 0 Å². The molecule has 2 rings (SSSR count). The predicted molar refractivity (Wildman–Crippen MR) is 60.5 cm³/mol. The van der Waals surface area contributed by atoms with Crippen LogP contribution in [0.15, 0.2) is 22.6 Å². The van der Waals surface area contributed by atoms with E-state index in [-0.39, 0.29) is 5.91 Å². The van der Waals surface area contributed by atoms with E-state index in [1.807, 2.05) is 0 Å². The zero-order valence-corrected chi connectivity index (χ0v) is 9.63. The summed E-state index contributed by atoms with van der Waals surface area (Å²) >= 11 is 4.85. The van der Waals surface area contributed by atoms with Crippen LogP contribution in [0.5, 0.6) is 0 Å². The van der Waals surface area contributed by atoms with Crippen LogP contribution in [0.25, 0.3) is 11.1 Å². The van der Waals surface area contributed by atoms with E-state index in [4.69, 9.17) is 21.5 Å². The van der Waals surface area contributed by atoms with Crippen molar-refractivity contribution in [2.24, 2.45) is 0 Å². The molecule has 16 heavy (non-hydrogen) atoms. The van der Waals surface area contributed by atoms with E-state index in [0.29, 0.717) is 16.0 Å². The number of carbonyl (C=O) groups is 1. The van der Waals surface area contributed by atoms with Gasteiger partial charge in [0.1, 0.15) is 0 Å². The van der Waals surface area contributed by atoms with Crippen LogP contribution in [0.4, 0.5) is 0 Å². The van der Waals surface area contributed by atoms with Crippen LogP contribution < -0.4 is 0 Å². The molecule has 5 nitrogen and oxygen atoms in total. The van der Waals surface area contributed by atoms with E-state index < -0.39 is 0 Å². The number of carbonyl (C=O) groups excluding carboxylic acids is 1. The lowest BCUT2D eigenvalue weighted by molar-refractivity contribution is -0.0756. The molecule has 2 aromatic rings. The Morgan fingerprint density at radius 3 is 3.00 bits per heavy atom. The van der Waals surface area contributed by atoms with Gasteiger partial charge in [-0.1, -0.05) is 0 Å². The summed E-state index contributed by atoms with van der Waals surface area (Å²) in [5.74, 6) is -0.244. The quantitative estimate of drug-likeness (QED) is 0.643. The Hall–Kier alpha value is -1.66. The summed E-state index contributed by atoms with van der Waals surface area (Å²) in [4.78, 5) is 19.7. The van der Waals surface area contributed by atoms with E-state index in [1.165, 1.54) is 7.11 Å². The minimum absolute atomic E-state index is 0.244. The van der Waals surface area contributed by atoms with E-state index in [2.05, 4.69) is 4.98 Å². The summed E-state index contributed by atoms with van der Waals surface area (Å²) in [5, 5.41) is 1.14. The number of nitrogens with zero attached hydrogens (tertiary/aromatic N) is 1. The van der Waals surface area contributed by atoms with Crippen molar-refractivity contribution in [1.82, 2.24) is 10.0 Å². The number of H-pyrrole nitrogens is 1. The van der Waals surface area contributed by atoms with Gasteiger partial charge in [0.15, 0.2) is 5.58 Å². The fourth-order valence-corrected chi connectivity index (χ4v) is 1.54. The molecular formula is C10H10N2O3S. The summed E-state index contributed by atoms with van der Waals surface area (Å²) in [7, 11) is 2.97. The first kappa shape index (κ1) is 10.8. The maximum atomic E-state index is 11.7. The van der Waals surface area contributed by atoms with Crippen LogP contribution in [0.1, 0.15) is 10.4 Å². The van der Waals surface area contributed by atoms with Crippen molar-refractivity contribution in [2.45, 2.75) is 0 Å². The average Bonchev–Trinajstić information content (AvgIpc) is 2.65. The number of oxazole rings is 1. The van der Waals surface area contributed by atoms with E-state index >= 15 is 0 Å². The van der Waals surface area contributed by atoms with E-state index in [0.717, 1.165) is 10.6 Å². The van der Waals surface area contributed by atoms with Gasteiger partial charge in [0.25, 0.3) is 10.7 Å². The number of amides is 1. The van der Waals surface area contributed by atoms with Crippen molar-refractivity contribution in [3.8, 4) is 0 Å². The second-order valence-electron chi connectivity index (χ2n) is 3.21. The molecule has 84 valence electrons. The van der Waals surface area contributed by atoms with Crippen LogP contribution in [0.3, 0.4) is 0 Å². The number of benzene rings is 1. The highest BCUT2D eigenvalue weighted by Gasteiger charge is 2.12. The number of hydrogen-bond acceptors (Lipinski definition) is 4. The molecule has 0 saturated carbocycles. The first-order valence-electron chi connectivity index (χ1n) is 4.57. The zero-order valence-electron chi connectivity index (χ0n) is 8.81. The van der Waals surface area contributed by atoms with Crippen molar-refractivity contribution in [1.29, 1.82) is 0 Å². The summed E-state index contributed by atoms with van der Waals surface area (Å²) in [6, 6.07) is 5.05. The Kier molecular flexibility index (Phi) is 2.76. The van der Waals surface area contributed by atoms with Gasteiger partial charge in [-0.2, -0.15) is 0 Å². The number of hydroxylamine groups is 2. The highest BCUT2D eigenvalue weighted by atomic mass is 32.1. The molecule has 1 N–H and O–H groups in total. The third-order valence-electron chi connectivity index (χ3n) is 2.23. The summed E-state index contributed by atoms with van der Waals surface area (Å²) < 4.78 is 5.22. The maximum absolute atomic E-state index is 11.7. The van der Waals surface area contributed by atoms with Crippen molar-refractivity contribution in [3.05, 3.63) is 28.6 Å². The lowest BCUT2D eigenvalue weighted by Crippen LogP contribution is -2.25. The largest absolute Gasteiger partial charge is 0.429 e. The monoisotopic (exact) mass is 238 g/mol. The normalized spacial score (nSPS) is 10.6. The Labute approximate surface area is 96.6 Å². The Morgan fingerprint density at radius 1 is 1.56 bits per heavy atom. The summed E-state index contributed by atoms with van der Waals surface area (Å²) in [6.07, 6.45) is 0. The molecule has 0 aliphatic rings. The fraction of sp³-hybridized carbons (Fsp3) is 0.200. The lowest BCUT2D eigenvalue weighted by Gasteiger charge is -2.12. The van der Waals surface area contributed by atoms with E-state index in [1.54, 1.807) is 25.2 Å². The Balaban J connectivity index is 2.46. The molecule has 0 aliphatic carbocycles. The highest BCUT2D eigenvalue weighted by Crippen LogP contribution is 2.16. The van der Waals surface area contributed by atoms with Crippen molar-refractivity contribution >= 4 is 29.2 Å². The van der Waals surface area contributed by atoms with Gasteiger partial charge in [-0.3, -0.25) is 9.63 Å². The summed E-state index contributed by atoms with van der Waals surface area (Å²) in [5.41, 5.74) is 1.80. The third-order valence-corrected chi connectivity index (χ3v) is 2.41. The number of fused-ring (bicyclic) bond motifs is 1. The van der Waals surface area contributed by atoms with Gasteiger partial charge in [-0.05, 0) is 30.4 Å². The standard InChI is InChI=1S/C10H10N2O3S/c1-12(14-2)9(13)6-3-4-7-8(5-6)15-10(16)11-7/h3-5H,1-2H3,(H,11,16). The van der Waals surface area contributed by atoms with Gasteiger partial charge in [0.05, 0.1) is 12.6 Å². The van der Waals surface area contributed by atoms with Crippen LogP contribution in [0, 0.1) is 4.84 Å². The molecule has 0 saturated heterocycles. The van der Waals surface area contributed by atoms with Crippen molar-refractivity contribution in [3.63, 3.8) is 0 Å². The second kappa shape index (κ2) is 4.07. The minimum Gasteiger partial charge on any atom is -0.429 e. The second-order valence-corrected chi connectivity index (χ2v) is 3.58. The number of hydrogen-bond donors (Lipinski definition) is 1. The SMILES string of the molecule is CON(C)C(=O)c1ccc2[nH]c(=S)oc2c1. The zero-order chi connectivity index (χ0) is 11.7. The topological polar surface area (TPSA) is 58.5 Å². The number of aromatic nitrogens is 1. The molecule has 6 heteroatoms. The van der Waals surface area contributed by atoms with Crippen molar-refractivity contribution in [2.75, 3.05) is 14.2 Å². The molecule has 0 spiro atoms. The molecule has 0 radical (unpaired) electrons. The first-order chi connectivity index (χ1) is 7.61.